The van der Waals surface area contributed by atoms with E-state index in [2.05, 4.69) is 37.3 Å². The van der Waals surface area contributed by atoms with Gasteiger partial charge in [-0.15, -0.1) is 0 Å². The molecule has 2 aromatic carbocycles. The number of benzene rings is 2. The number of para-hydroxylation sites is 1. The molecule has 1 atom stereocenters. The Morgan fingerprint density at radius 3 is 2.64 bits per heavy atom. The Morgan fingerprint density at radius 1 is 1.18 bits per heavy atom. The number of carboxylic acid groups (broad SMARTS) is 1. The molecule has 1 unspecified atom stereocenters. The summed E-state index contributed by atoms with van der Waals surface area (Å²) in [6.45, 7) is 2.79. The third-order valence-electron chi connectivity index (χ3n) is 5.90. The summed E-state index contributed by atoms with van der Waals surface area (Å²) in [5.41, 5.74) is 5.51. The summed E-state index contributed by atoms with van der Waals surface area (Å²) in [5, 5.41) is 19.9. The van der Waals surface area contributed by atoms with Crippen LogP contribution >= 0.6 is 0 Å². The van der Waals surface area contributed by atoms with Crippen molar-refractivity contribution in [3.05, 3.63) is 65.9 Å². The molecule has 1 saturated carbocycles. The van der Waals surface area contributed by atoms with Crippen LogP contribution in [0.2, 0.25) is 0 Å². The normalized spacial score (nSPS) is 14.6. The number of allylic oxidation sites excluding steroid dienone is 1. The Balaban J connectivity index is 1.72. The largest absolute Gasteiger partial charge is 0.494 e. The zero-order chi connectivity index (χ0) is 23.2. The van der Waals surface area contributed by atoms with Crippen LogP contribution in [-0.4, -0.2) is 33.9 Å². The number of fused-ring (bicyclic) bond motifs is 1. The van der Waals surface area contributed by atoms with Crippen molar-refractivity contribution in [3.63, 3.8) is 0 Å². The molecule has 5 heteroatoms. The average Bonchev–Trinajstić information content (AvgIpc) is 3.65. The first-order valence-corrected chi connectivity index (χ1v) is 11.8. The van der Waals surface area contributed by atoms with Crippen LogP contribution in [0.5, 0.6) is 5.75 Å². The minimum absolute atomic E-state index is 0.226. The number of nitrogens with zero attached hydrogens (tertiary/aromatic N) is 1. The number of pyridine rings is 1. The molecule has 1 aliphatic carbocycles. The zero-order valence-electron chi connectivity index (χ0n) is 19.0. The maximum Gasteiger partial charge on any atom is 0.305 e. The smallest absolute Gasteiger partial charge is 0.305 e. The van der Waals surface area contributed by atoms with Gasteiger partial charge in [0.25, 0.3) is 0 Å². The second-order valence-electron chi connectivity index (χ2n) is 8.68. The molecule has 0 bridgehead atoms. The lowest BCUT2D eigenvalue weighted by Gasteiger charge is -2.16. The third kappa shape index (κ3) is 5.79. The van der Waals surface area contributed by atoms with Gasteiger partial charge < -0.3 is 14.9 Å². The van der Waals surface area contributed by atoms with Gasteiger partial charge in [0, 0.05) is 22.4 Å². The van der Waals surface area contributed by atoms with E-state index < -0.39 is 12.1 Å². The molecule has 5 nitrogen and oxygen atoms in total. The fraction of sp³-hybridized carbons (Fsp3) is 0.357. The number of ether oxygens (including phenoxy) is 1. The van der Waals surface area contributed by atoms with Gasteiger partial charge in [-0.3, -0.25) is 9.78 Å². The maximum absolute atomic E-state index is 10.8. The minimum atomic E-state index is -0.977. The predicted molar refractivity (Wildman–Crippen MR) is 131 cm³/mol. The first kappa shape index (κ1) is 23.0. The van der Waals surface area contributed by atoms with Gasteiger partial charge in [0.1, 0.15) is 5.75 Å². The molecule has 1 aliphatic rings. The van der Waals surface area contributed by atoms with E-state index in [4.69, 9.17) is 14.8 Å². The molecule has 172 valence electrons. The number of aliphatic hydroxyl groups is 1. The number of carboxylic acids is 1. The van der Waals surface area contributed by atoms with Crippen molar-refractivity contribution < 1.29 is 19.7 Å². The quantitative estimate of drug-likeness (QED) is 0.367. The number of rotatable bonds is 11. The molecule has 0 aliphatic heterocycles. The summed E-state index contributed by atoms with van der Waals surface area (Å²) in [4.78, 5) is 15.8. The van der Waals surface area contributed by atoms with Crippen LogP contribution in [0, 0.1) is 0 Å². The summed E-state index contributed by atoms with van der Waals surface area (Å²) >= 11 is 0. The fourth-order valence-electron chi connectivity index (χ4n) is 4.12. The second-order valence-corrected chi connectivity index (χ2v) is 8.68. The van der Waals surface area contributed by atoms with E-state index in [0.29, 0.717) is 25.4 Å². The van der Waals surface area contributed by atoms with Gasteiger partial charge in [0.05, 0.1) is 30.3 Å². The van der Waals surface area contributed by atoms with E-state index in [1.165, 1.54) is 0 Å². The van der Waals surface area contributed by atoms with Gasteiger partial charge in [-0.25, -0.2) is 0 Å². The Hall–Kier alpha value is -3.18. The molecule has 2 N–H and O–H groups in total. The van der Waals surface area contributed by atoms with Crippen molar-refractivity contribution in [2.24, 2.45) is 0 Å². The summed E-state index contributed by atoms with van der Waals surface area (Å²) in [6.07, 6.45) is 7.37. The highest BCUT2D eigenvalue weighted by Crippen LogP contribution is 2.45. The molecule has 4 rings (SSSR count). The molecule has 0 saturated heterocycles. The second kappa shape index (κ2) is 10.6. The van der Waals surface area contributed by atoms with Crippen molar-refractivity contribution in [2.45, 2.75) is 57.5 Å². The van der Waals surface area contributed by atoms with E-state index in [9.17, 15) is 9.90 Å². The number of aliphatic hydroxyl groups excluding tert-OH is 1. The van der Waals surface area contributed by atoms with Gasteiger partial charge in [0.2, 0.25) is 0 Å². The topological polar surface area (TPSA) is 79.7 Å². The van der Waals surface area contributed by atoms with Crippen LogP contribution in [0.4, 0.5) is 0 Å². The van der Waals surface area contributed by atoms with Crippen LogP contribution in [0.25, 0.3) is 28.1 Å². The molecular formula is C28H31NO4. The third-order valence-corrected chi connectivity index (χ3v) is 5.90. The first-order valence-electron chi connectivity index (χ1n) is 11.8. The van der Waals surface area contributed by atoms with Gasteiger partial charge in [-0.2, -0.15) is 0 Å². The number of aliphatic carboxylic acids is 1. The van der Waals surface area contributed by atoms with Crippen molar-refractivity contribution in [1.82, 2.24) is 4.98 Å². The number of carbonyl (C=O) groups is 1. The van der Waals surface area contributed by atoms with Gasteiger partial charge in [-0.05, 0) is 55.9 Å². The standard InChI is InChI=1S/C28H31NO4/c1-2-17-33-22-15-13-19(14-16-22)27-23-8-5-6-10-25(23)29-28(20-11-12-20)24(27)9-4-3-7-21(30)18-26(31)32/h4-6,8-10,13-16,20-21,30H,2-3,7,11-12,17-18H2,1H3,(H,31,32)/b9-4+. The number of hydrogen-bond acceptors (Lipinski definition) is 4. The molecule has 33 heavy (non-hydrogen) atoms. The maximum atomic E-state index is 10.8. The van der Waals surface area contributed by atoms with Crippen molar-refractivity contribution in [2.75, 3.05) is 6.61 Å². The van der Waals surface area contributed by atoms with Crippen LogP contribution in [0.15, 0.2) is 54.6 Å². The first-order chi connectivity index (χ1) is 16.1. The van der Waals surface area contributed by atoms with E-state index in [1.54, 1.807) is 0 Å². The molecule has 0 spiro atoms. The van der Waals surface area contributed by atoms with E-state index >= 15 is 0 Å². The number of hydrogen-bond donors (Lipinski definition) is 2. The summed E-state index contributed by atoms with van der Waals surface area (Å²) < 4.78 is 5.77. The van der Waals surface area contributed by atoms with Crippen molar-refractivity contribution >= 4 is 22.9 Å². The lowest BCUT2D eigenvalue weighted by Crippen LogP contribution is -2.12. The molecular weight excluding hydrogens is 414 g/mol. The monoisotopic (exact) mass is 445 g/mol. The Morgan fingerprint density at radius 2 is 1.94 bits per heavy atom. The minimum Gasteiger partial charge on any atom is -0.494 e. The molecule has 1 aromatic heterocycles. The van der Waals surface area contributed by atoms with Gasteiger partial charge in [0.15, 0.2) is 0 Å². The van der Waals surface area contributed by atoms with Crippen LogP contribution in [-0.2, 0) is 4.79 Å². The summed E-state index contributed by atoms with van der Waals surface area (Å²) in [7, 11) is 0. The summed E-state index contributed by atoms with van der Waals surface area (Å²) in [6, 6.07) is 16.5. The predicted octanol–water partition coefficient (Wildman–Crippen LogP) is 6.20. The van der Waals surface area contributed by atoms with E-state index in [1.807, 2.05) is 30.3 Å². The zero-order valence-corrected chi connectivity index (χ0v) is 19.0. The van der Waals surface area contributed by atoms with Crippen LogP contribution < -0.4 is 4.74 Å². The molecule has 1 fully saturated rings. The molecule has 3 aromatic rings. The highest BCUT2D eigenvalue weighted by atomic mass is 16.5. The van der Waals surface area contributed by atoms with Crippen molar-refractivity contribution in [1.29, 1.82) is 0 Å². The highest BCUT2D eigenvalue weighted by Gasteiger charge is 2.29. The average molecular weight is 446 g/mol. The summed E-state index contributed by atoms with van der Waals surface area (Å²) in [5.74, 6) is 0.360. The molecule has 0 radical (unpaired) electrons. The Kier molecular flexibility index (Phi) is 7.40. The van der Waals surface area contributed by atoms with Crippen LogP contribution in [0.3, 0.4) is 0 Å². The Labute approximate surface area is 194 Å². The fourth-order valence-corrected chi connectivity index (χ4v) is 4.12. The SMILES string of the molecule is CCCOc1ccc(-c2c(/C=C/CCC(O)CC(=O)O)c(C3CC3)nc3ccccc23)cc1. The van der Waals surface area contributed by atoms with E-state index in [0.717, 1.165) is 58.3 Å². The van der Waals surface area contributed by atoms with Crippen molar-refractivity contribution in [3.8, 4) is 16.9 Å². The van der Waals surface area contributed by atoms with E-state index in [-0.39, 0.29) is 6.42 Å². The number of aromatic nitrogens is 1. The highest BCUT2D eigenvalue weighted by molar-refractivity contribution is 5.99. The lowest BCUT2D eigenvalue weighted by molar-refractivity contribution is -0.139. The van der Waals surface area contributed by atoms with Gasteiger partial charge >= 0.3 is 5.97 Å². The Bertz CT molecular complexity index is 1130. The van der Waals surface area contributed by atoms with Gasteiger partial charge in [-0.1, -0.05) is 49.4 Å². The lowest BCUT2D eigenvalue weighted by atomic mass is 9.92. The molecule has 1 heterocycles. The molecule has 0 amide bonds. The van der Waals surface area contributed by atoms with Crippen LogP contribution in [0.1, 0.15) is 62.6 Å².